The average molecular weight is 402 g/mol. The molecule has 0 aliphatic rings. The molecule has 0 amide bonds. The Balaban J connectivity index is 2.30. The highest BCUT2D eigenvalue weighted by Crippen LogP contribution is 2.25. The fraction of sp³-hybridized carbons (Fsp3) is 0.250. The molecule has 124 valence electrons. The van der Waals surface area contributed by atoms with Crippen LogP contribution in [0.15, 0.2) is 45.8 Å². The molecule has 0 saturated heterocycles. The monoisotopic (exact) mass is 401 g/mol. The Hall–Kier alpha value is -1.44. The molecule has 0 fully saturated rings. The van der Waals surface area contributed by atoms with Crippen molar-refractivity contribution in [1.29, 1.82) is 0 Å². The predicted molar refractivity (Wildman–Crippen MR) is 90.5 cm³/mol. The first-order chi connectivity index (χ1) is 10.8. The summed E-state index contributed by atoms with van der Waals surface area (Å²) in [6, 6.07) is 9.48. The molecule has 0 N–H and O–H groups in total. The van der Waals surface area contributed by atoms with Crippen LogP contribution in [-0.2, 0) is 16.6 Å². The fourth-order valence-electron chi connectivity index (χ4n) is 2.17. The summed E-state index contributed by atoms with van der Waals surface area (Å²) in [6.45, 7) is 1.80. The Morgan fingerprint density at radius 2 is 1.91 bits per heavy atom. The van der Waals surface area contributed by atoms with Crippen LogP contribution in [0.4, 0.5) is 4.39 Å². The predicted octanol–water partition coefficient (Wildman–Crippen LogP) is 3.73. The SMILES string of the molecule is COc1ccc(CN(C)S(=O)(=O)c2cc(Br)ccc2C)cc1F. The molecule has 0 unspecified atom stereocenters. The van der Waals surface area contributed by atoms with Crippen molar-refractivity contribution in [1.82, 2.24) is 4.31 Å². The molecule has 2 rings (SSSR count). The van der Waals surface area contributed by atoms with Crippen LogP contribution in [0, 0.1) is 12.7 Å². The van der Waals surface area contributed by atoms with Crippen LogP contribution in [0.5, 0.6) is 5.75 Å². The topological polar surface area (TPSA) is 46.6 Å². The Kier molecular flexibility index (Phi) is 5.44. The maximum atomic E-state index is 13.7. The zero-order valence-electron chi connectivity index (χ0n) is 13.0. The number of hydrogen-bond acceptors (Lipinski definition) is 3. The third-order valence-electron chi connectivity index (χ3n) is 3.46. The lowest BCUT2D eigenvalue weighted by Gasteiger charge is -2.19. The van der Waals surface area contributed by atoms with E-state index in [9.17, 15) is 12.8 Å². The van der Waals surface area contributed by atoms with Gasteiger partial charge in [-0.2, -0.15) is 4.31 Å². The van der Waals surface area contributed by atoms with E-state index in [1.807, 2.05) is 0 Å². The number of hydrogen-bond donors (Lipinski definition) is 0. The number of sulfonamides is 1. The molecule has 0 radical (unpaired) electrons. The van der Waals surface area contributed by atoms with Crippen LogP contribution in [0.1, 0.15) is 11.1 Å². The molecule has 0 aliphatic carbocycles. The van der Waals surface area contributed by atoms with Crippen molar-refractivity contribution in [3.63, 3.8) is 0 Å². The summed E-state index contributed by atoms with van der Waals surface area (Å²) in [4.78, 5) is 0.225. The minimum absolute atomic E-state index is 0.0647. The van der Waals surface area contributed by atoms with Crippen LogP contribution < -0.4 is 4.74 Å². The van der Waals surface area contributed by atoms with Crippen molar-refractivity contribution in [3.05, 3.63) is 57.8 Å². The first-order valence-electron chi connectivity index (χ1n) is 6.80. The quantitative estimate of drug-likeness (QED) is 0.766. The summed E-state index contributed by atoms with van der Waals surface area (Å²) in [7, 11) is -0.820. The molecule has 2 aromatic carbocycles. The van der Waals surface area contributed by atoms with Crippen molar-refractivity contribution in [2.45, 2.75) is 18.4 Å². The van der Waals surface area contributed by atoms with Gasteiger partial charge in [-0.3, -0.25) is 0 Å². The lowest BCUT2D eigenvalue weighted by atomic mass is 10.2. The van der Waals surface area contributed by atoms with E-state index in [-0.39, 0.29) is 17.2 Å². The number of benzene rings is 2. The highest BCUT2D eigenvalue weighted by atomic mass is 79.9. The molecular formula is C16H17BrFNO3S. The number of halogens is 2. The second-order valence-corrected chi connectivity index (χ2v) is 8.07. The smallest absolute Gasteiger partial charge is 0.243 e. The average Bonchev–Trinajstić information content (AvgIpc) is 2.49. The molecule has 0 spiro atoms. The Labute approximate surface area is 144 Å². The van der Waals surface area contributed by atoms with Crippen molar-refractivity contribution in [3.8, 4) is 5.75 Å². The first kappa shape index (κ1) is 17.9. The van der Waals surface area contributed by atoms with Gasteiger partial charge in [0.25, 0.3) is 0 Å². The zero-order chi connectivity index (χ0) is 17.2. The van der Waals surface area contributed by atoms with E-state index in [2.05, 4.69) is 15.9 Å². The van der Waals surface area contributed by atoms with Gasteiger partial charge in [0.2, 0.25) is 10.0 Å². The van der Waals surface area contributed by atoms with Gasteiger partial charge in [0.15, 0.2) is 11.6 Å². The second-order valence-electron chi connectivity index (χ2n) is 5.14. The third-order valence-corrected chi connectivity index (χ3v) is 5.90. The van der Waals surface area contributed by atoms with Gasteiger partial charge >= 0.3 is 0 Å². The van der Waals surface area contributed by atoms with E-state index in [1.165, 1.54) is 30.6 Å². The zero-order valence-corrected chi connectivity index (χ0v) is 15.4. The maximum absolute atomic E-state index is 13.7. The molecule has 2 aromatic rings. The molecule has 0 atom stereocenters. The third kappa shape index (κ3) is 3.91. The van der Waals surface area contributed by atoms with Crippen LogP contribution in [0.3, 0.4) is 0 Å². The van der Waals surface area contributed by atoms with Gasteiger partial charge in [-0.25, -0.2) is 12.8 Å². The van der Waals surface area contributed by atoms with Crippen molar-refractivity contribution in [2.75, 3.05) is 14.2 Å². The molecule has 0 aromatic heterocycles. The summed E-state index contributed by atoms with van der Waals surface area (Å²) in [6.07, 6.45) is 0. The lowest BCUT2D eigenvalue weighted by molar-refractivity contribution is 0.385. The minimum Gasteiger partial charge on any atom is -0.494 e. The number of ether oxygens (including phenoxy) is 1. The van der Waals surface area contributed by atoms with Gasteiger partial charge in [0, 0.05) is 18.1 Å². The van der Waals surface area contributed by atoms with Crippen molar-refractivity contribution < 1.29 is 17.5 Å². The minimum atomic E-state index is -3.67. The van der Waals surface area contributed by atoms with Crippen LogP contribution in [0.2, 0.25) is 0 Å². The van der Waals surface area contributed by atoms with Crippen LogP contribution in [-0.4, -0.2) is 26.9 Å². The summed E-state index contributed by atoms with van der Waals surface area (Å²) >= 11 is 3.28. The maximum Gasteiger partial charge on any atom is 0.243 e. The molecule has 7 heteroatoms. The lowest BCUT2D eigenvalue weighted by Crippen LogP contribution is -2.27. The van der Waals surface area contributed by atoms with Gasteiger partial charge in [-0.05, 0) is 42.3 Å². The van der Waals surface area contributed by atoms with Crippen LogP contribution in [0.25, 0.3) is 0 Å². The van der Waals surface area contributed by atoms with E-state index in [0.717, 1.165) is 0 Å². The molecule has 0 bridgehead atoms. The van der Waals surface area contributed by atoms with Gasteiger partial charge in [-0.1, -0.05) is 28.1 Å². The van der Waals surface area contributed by atoms with E-state index in [0.29, 0.717) is 15.6 Å². The molecular weight excluding hydrogens is 385 g/mol. The molecule has 23 heavy (non-hydrogen) atoms. The standard InChI is InChI=1S/C16H17BrFNO3S/c1-11-4-6-13(17)9-16(11)23(20,21)19(2)10-12-5-7-15(22-3)14(18)8-12/h4-9H,10H2,1-3H3. The largest absolute Gasteiger partial charge is 0.494 e. The van der Waals surface area contributed by atoms with Gasteiger partial charge in [0.05, 0.1) is 12.0 Å². The van der Waals surface area contributed by atoms with Gasteiger partial charge in [0.1, 0.15) is 0 Å². The normalized spacial score (nSPS) is 11.7. The summed E-state index contributed by atoms with van der Waals surface area (Å²) in [5, 5.41) is 0. The van der Waals surface area contributed by atoms with Crippen molar-refractivity contribution in [2.24, 2.45) is 0 Å². The summed E-state index contributed by atoms with van der Waals surface area (Å²) < 4.78 is 45.9. The first-order valence-corrected chi connectivity index (χ1v) is 9.04. The Morgan fingerprint density at radius 3 is 2.52 bits per heavy atom. The highest BCUT2D eigenvalue weighted by molar-refractivity contribution is 9.10. The van der Waals surface area contributed by atoms with Gasteiger partial charge < -0.3 is 4.74 Å². The van der Waals surface area contributed by atoms with E-state index in [1.54, 1.807) is 31.2 Å². The summed E-state index contributed by atoms with van der Waals surface area (Å²) in [5.41, 5.74) is 1.20. The Bertz CT molecular complexity index is 824. The van der Waals surface area contributed by atoms with E-state index >= 15 is 0 Å². The van der Waals surface area contributed by atoms with E-state index < -0.39 is 15.8 Å². The molecule has 0 aliphatic heterocycles. The van der Waals surface area contributed by atoms with E-state index in [4.69, 9.17) is 4.74 Å². The Morgan fingerprint density at radius 1 is 1.22 bits per heavy atom. The number of aryl methyl sites for hydroxylation is 1. The number of rotatable bonds is 5. The summed E-state index contributed by atoms with van der Waals surface area (Å²) in [5.74, 6) is -0.392. The molecule has 0 saturated carbocycles. The molecule has 0 heterocycles. The number of methoxy groups -OCH3 is 1. The van der Waals surface area contributed by atoms with Gasteiger partial charge in [-0.15, -0.1) is 0 Å². The molecule has 4 nitrogen and oxygen atoms in total. The highest BCUT2D eigenvalue weighted by Gasteiger charge is 2.23. The fourth-order valence-corrected chi connectivity index (χ4v) is 4.09. The number of nitrogens with zero attached hydrogens (tertiary/aromatic N) is 1. The second kappa shape index (κ2) is 6.98. The van der Waals surface area contributed by atoms with Crippen LogP contribution >= 0.6 is 15.9 Å². The van der Waals surface area contributed by atoms with Crippen molar-refractivity contribution >= 4 is 26.0 Å².